The van der Waals surface area contributed by atoms with Gasteiger partial charge in [-0.15, -0.1) is 0 Å². The van der Waals surface area contributed by atoms with Crippen LogP contribution in [0.2, 0.25) is 0 Å². The van der Waals surface area contributed by atoms with Crippen LogP contribution < -0.4 is 4.57 Å². The molecular formula is C30H29N2+. The Morgan fingerprint density at radius 1 is 0.906 bits per heavy atom. The molecule has 158 valence electrons. The zero-order valence-corrected chi connectivity index (χ0v) is 18.7. The van der Waals surface area contributed by atoms with Gasteiger partial charge in [-0.25, -0.2) is 4.57 Å². The molecule has 32 heavy (non-hydrogen) atoms. The maximum Gasteiger partial charge on any atom is 0.212 e. The predicted molar refractivity (Wildman–Crippen MR) is 130 cm³/mol. The Morgan fingerprint density at radius 3 is 2.44 bits per heavy atom. The molecule has 0 aliphatic heterocycles. The summed E-state index contributed by atoms with van der Waals surface area (Å²) in [7, 11) is 2.08. The predicted octanol–water partition coefficient (Wildman–Crippen LogP) is 6.70. The molecule has 2 heterocycles. The Morgan fingerprint density at radius 2 is 1.69 bits per heavy atom. The van der Waals surface area contributed by atoms with Crippen LogP contribution in [0.4, 0.5) is 0 Å². The maximum absolute atomic E-state index is 7.60. The minimum atomic E-state index is -2.08. The number of hydrogen-bond acceptors (Lipinski definition) is 1. The van der Waals surface area contributed by atoms with Crippen molar-refractivity contribution in [1.29, 1.82) is 0 Å². The zero-order valence-electron chi connectivity index (χ0n) is 21.7. The van der Waals surface area contributed by atoms with E-state index in [9.17, 15) is 0 Å². The summed E-state index contributed by atoms with van der Waals surface area (Å²) in [5, 5.41) is 0. The minimum absolute atomic E-state index is 0.0855. The summed E-state index contributed by atoms with van der Waals surface area (Å²) in [5.41, 5.74) is 11.6. The Hall–Kier alpha value is -3.26. The molecule has 0 radical (unpaired) electrons. The minimum Gasteiger partial charge on any atom is -0.260 e. The number of nitrogens with zero attached hydrogens (tertiary/aromatic N) is 2. The fraction of sp³-hybridized carbons (Fsp3) is 0.267. The second-order valence-electron chi connectivity index (χ2n) is 9.39. The Kier molecular flexibility index (Phi) is 3.65. The number of rotatable bonds is 2. The second kappa shape index (κ2) is 7.13. The Labute approximate surface area is 194 Å². The lowest BCUT2D eigenvalue weighted by Gasteiger charge is -2.25. The summed E-state index contributed by atoms with van der Waals surface area (Å²) in [6.45, 7) is 0.138. The second-order valence-corrected chi connectivity index (χ2v) is 9.39. The highest BCUT2D eigenvalue weighted by Crippen LogP contribution is 2.56. The average Bonchev–Trinajstić information content (AvgIpc) is 3.43. The highest BCUT2D eigenvalue weighted by molar-refractivity contribution is 5.84. The zero-order chi connectivity index (χ0) is 24.4. The fourth-order valence-corrected chi connectivity index (χ4v) is 5.94. The molecule has 2 nitrogen and oxygen atoms in total. The molecule has 2 aromatic heterocycles. The monoisotopic (exact) mass is 420 g/mol. The van der Waals surface area contributed by atoms with E-state index >= 15 is 0 Å². The van der Waals surface area contributed by atoms with Crippen LogP contribution in [-0.4, -0.2) is 4.98 Å². The molecule has 4 aromatic rings. The average molecular weight is 421 g/mol. The van der Waals surface area contributed by atoms with E-state index in [1.54, 1.807) is 12.1 Å². The lowest BCUT2D eigenvalue weighted by molar-refractivity contribution is -0.659. The number of benzene rings is 2. The SMILES string of the molecule is [2H]C([2H])([2H])c1ccc(-c2ccc(-c3cc4c(cc3C)C3(CCCC3)c3ncccc3-4)[n+](C)c2)cc1. The van der Waals surface area contributed by atoms with Gasteiger partial charge in [0.1, 0.15) is 7.05 Å². The van der Waals surface area contributed by atoms with Crippen molar-refractivity contribution in [2.75, 3.05) is 0 Å². The molecule has 0 bridgehead atoms. The topological polar surface area (TPSA) is 16.8 Å². The number of pyridine rings is 2. The number of aryl methyl sites for hydroxylation is 3. The van der Waals surface area contributed by atoms with Crippen LogP contribution in [-0.2, 0) is 12.5 Å². The van der Waals surface area contributed by atoms with Gasteiger partial charge in [0.05, 0.1) is 5.69 Å². The van der Waals surface area contributed by atoms with Crippen LogP contribution in [0.5, 0.6) is 0 Å². The molecule has 1 saturated carbocycles. The molecule has 2 aromatic carbocycles. The van der Waals surface area contributed by atoms with Crippen LogP contribution in [0.15, 0.2) is 73.1 Å². The van der Waals surface area contributed by atoms with Crippen LogP contribution in [0, 0.1) is 13.8 Å². The van der Waals surface area contributed by atoms with Gasteiger partial charge in [0.25, 0.3) is 0 Å². The van der Waals surface area contributed by atoms with Crippen molar-refractivity contribution in [1.82, 2.24) is 4.98 Å². The Bertz CT molecular complexity index is 1450. The van der Waals surface area contributed by atoms with E-state index in [1.165, 1.54) is 59.2 Å². The highest BCUT2D eigenvalue weighted by atomic mass is 14.9. The van der Waals surface area contributed by atoms with E-state index in [-0.39, 0.29) is 5.41 Å². The number of hydrogen-bond donors (Lipinski definition) is 0. The fourth-order valence-electron chi connectivity index (χ4n) is 5.94. The van der Waals surface area contributed by atoms with E-state index in [1.807, 2.05) is 18.3 Å². The van der Waals surface area contributed by atoms with Crippen molar-refractivity contribution < 1.29 is 8.68 Å². The van der Waals surface area contributed by atoms with Crippen molar-refractivity contribution in [2.45, 2.75) is 44.9 Å². The summed E-state index contributed by atoms with van der Waals surface area (Å²) < 4.78 is 25.0. The van der Waals surface area contributed by atoms with E-state index in [0.717, 1.165) is 16.8 Å². The molecule has 1 fully saturated rings. The normalized spacial score (nSPS) is 17.5. The van der Waals surface area contributed by atoms with E-state index < -0.39 is 6.85 Å². The largest absolute Gasteiger partial charge is 0.260 e. The van der Waals surface area contributed by atoms with Gasteiger partial charge in [-0.3, -0.25) is 4.98 Å². The quantitative estimate of drug-likeness (QED) is 0.330. The van der Waals surface area contributed by atoms with Gasteiger partial charge >= 0.3 is 0 Å². The van der Waals surface area contributed by atoms with Crippen LogP contribution in [0.3, 0.4) is 0 Å². The maximum atomic E-state index is 7.60. The standard InChI is InChI=1S/C30H29N2/c1-20-8-10-22(11-9-20)23-12-13-28(32(3)19-23)25-18-26-24-7-6-16-31-29(24)30(14-4-5-15-30)27(26)17-21(25)2/h6-13,16-19H,4-5,14-15H2,1-3H3/q+1/i1D3. The molecule has 2 aliphatic rings. The molecule has 0 unspecified atom stereocenters. The summed E-state index contributed by atoms with van der Waals surface area (Å²) in [6, 6.07) is 20.6. The number of fused-ring (bicyclic) bond motifs is 5. The first-order chi connectivity index (χ1) is 16.8. The smallest absolute Gasteiger partial charge is 0.212 e. The summed E-state index contributed by atoms with van der Waals surface area (Å²) in [5.74, 6) is 0. The third-order valence-corrected chi connectivity index (χ3v) is 7.52. The molecule has 0 amide bonds. The molecule has 0 atom stereocenters. The van der Waals surface area contributed by atoms with Crippen LogP contribution in [0.25, 0.3) is 33.5 Å². The van der Waals surface area contributed by atoms with Gasteiger partial charge in [-0.05, 0) is 67.1 Å². The van der Waals surface area contributed by atoms with Crippen molar-refractivity contribution in [3.8, 4) is 33.5 Å². The summed E-state index contributed by atoms with van der Waals surface area (Å²) in [6.07, 6.45) is 8.97. The first kappa shape index (κ1) is 16.4. The Balaban J connectivity index is 1.42. The van der Waals surface area contributed by atoms with Gasteiger partial charge in [0.15, 0.2) is 6.20 Å². The highest BCUT2D eigenvalue weighted by Gasteiger charge is 2.46. The van der Waals surface area contributed by atoms with E-state index in [2.05, 4.69) is 61.1 Å². The summed E-state index contributed by atoms with van der Waals surface area (Å²) in [4.78, 5) is 4.88. The van der Waals surface area contributed by atoms with Gasteiger partial charge in [0, 0.05) is 38.5 Å². The lowest BCUT2D eigenvalue weighted by Crippen LogP contribution is -2.31. The molecule has 0 N–H and O–H groups in total. The third-order valence-electron chi connectivity index (χ3n) is 7.52. The van der Waals surface area contributed by atoms with Crippen molar-refractivity contribution in [3.05, 3.63) is 95.4 Å². The van der Waals surface area contributed by atoms with Crippen LogP contribution in [0.1, 0.15) is 52.2 Å². The molecule has 2 aliphatic carbocycles. The van der Waals surface area contributed by atoms with Gasteiger partial charge in [-0.2, -0.15) is 0 Å². The van der Waals surface area contributed by atoms with Gasteiger partial charge in [-0.1, -0.05) is 54.8 Å². The summed E-state index contributed by atoms with van der Waals surface area (Å²) >= 11 is 0. The molecule has 2 heteroatoms. The lowest BCUT2D eigenvalue weighted by atomic mass is 9.78. The van der Waals surface area contributed by atoms with Gasteiger partial charge < -0.3 is 0 Å². The molecule has 0 saturated heterocycles. The third kappa shape index (κ3) is 2.79. The van der Waals surface area contributed by atoms with E-state index in [0.29, 0.717) is 5.56 Å². The number of aromatic nitrogens is 2. The van der Waals surface area contributed by atoms with Crippen LogP contribution >= 0.6 is 0 Å². The molecule has 1 spiro atoms. The van der Waals surface area contributed by atoms with Gasteiger partial charge in [0.2, 0.25) is 5.69 Å². The first-order valence-corrected chi connectivity index (χ1v) is 11.5. The van der Waals surface area contributed by atoms with E-state index in [4.69, 9.17) is 9.10 Å². The van der Waals surface area contributed by atoms with Crippen molar-refractivity contribution in [3.63, 3.8) is 0 Å². The molecular weight excluding hydrogens is 388 g/mol. The van der Waals surface area contributed by atoms with Crippen molar-refractivity contribution in [2.24, 2.45) is 7.05 Å². The van der Waals surface area contributed by atoms with Crippen molar-refractivity contribution >= 4 is 0 Å². The first-order valence-electron chi connectivity index (χ1n) is 13.0. The molecule has 6 rings (SSSR count).